The molecule has 492 valence electrons. The number of rotatable bonds is 35. The first-order chi connectivity index (χ1) is 43.6. The van der Waals surface area contributed by atoms with E-state index in [0.29, 0.717) is 71.8 Å². The summed E-state index contributed by atoms with van der Waals surface area (Å²) in [5, 5.41) is 93.9. The smallest absolute Gasteiger partial charge is 0.364 e. The number of thioether (sulfide) groups is 2. The van der Waals surface area contributed by atoms with Crippen LogP contribution in [0.3, 0.4) is 0 Å². The van der Waals surface area contributed by atoms with Crippen LogP contribution in [0.15, 0.2) is 108 Å². The Morgan fingerprint density at radius 2 is 1.03 bits per heavy atom. The van der Waals surface area contributed by atoms with E-state index in [-0.39, 0.29) is 36.9 Å². The number of Topliss-reactive ketones (excluding diaryl/α,β-unsaturated/α-hetero) is 1. The predicted octanol–water partition coefficient (Wildman–Crippen LogP) is 3.40. The Morgan fingerprint density at radius 1 is 0.593 bits per heavy atom. The average Bonchev–Trinajstić information content (AvgIpc) is 2.09. The molecule has 7 rings (SSSR count). The third kappa shape index (κ3) is 20.5. The maximum absolute atomic E-state index is 13.0. The molecule has 12 atom stereocenters. The van der Waals surface area contributed by atoms with Crippen molar-refractivity contribution in [3.05, 3.63) is 130 Å². The Balaban J connectivity index is 0.763. The molecule has 0 bridgehead atoms. The number of carbonyl (C=O) groups is 8. The van der Waals surface area contributed by atoms with Gasteiger partial charge in [0.25, 0.3) is 23.5 Å². The third-order valence-electron chi connectivity index (χ3n) is 15.0. The molecule has 5 aromatic rings. The molecular formula is C63H77N5O19S4. The lowest BCUT2D eigenvalue weighted by molar-refractivity contribution is -0.310. The van der Waals surface area contributed by atoms with Gasteiger partial charge < -0.3 is 81.3 Å². The van der Waals surface area contributed by atoms with Gasteiger partial charge in [-0.1, -0.05) is 48.5 Å². The standard InChI is InChI=1S/C63H77N5O19S4/c1-37(70)67-52-46(73)32-62(36-69,86-56(52)54(77)48(75)34-65-59(80)43-19-13-40(14-20-43)50-9-4-29-90-50)84-24-6-28-89-31-23-64-58(79)42-17-11-39(12-18-42)45(72)8-3-26-88-27-7-25-85-63(61(82)83)33-47(74)53(68-38(2)71)57(87-63)55(78)49(76)35-66-60(81)44-21-15-41(16-22-44)51-10-5-30-91-51/h4-5,9-22,29-30,36,46-49,52-57,73-78H,3,6-8,23-28,31-35H2,1-2H3,(H,64,79)(H,65,80)(H,66,81)(H,67,70)(H,68,71)(H,82,83)/t46-,47-,48+,49-,52+,53+,54+,55+,56+,57+,62+,63+/m0/s1. The molecule has 0 saturated carbocycles. The molecule has 91 heavy (non-hydrogen) atoms. The Bertz CT molecular complexity index is 3180. The second-order valence-electron chi connectivity index (χ2n) is 21.8. The van der Waals surface area contributed by atoms with Gasteiger partial charge in [0.2, 0.25) is 17.6 Å². The van der Waals surface area contributed by atoms with Gasteiger partial charge in [0.1, 0.15) is 24.4 Å². The maximum atomic E-state index is 13.0. The van der Waals surface area contributed by atoms with Crippen molar-refractivity contribution in [2.24, 2.45) is 0 Å². The van der Waals surface area contributed by atoms with Gasteiger partial charge >= 0.3 is 5.97 Å². The molecule has 2 saturated heterocycles. The van der Waals surface area contributed by atoms with E-state index >= 15 is 0 Å². The number of nitrogens with one attached hydrogen (secondary N) is 5. The molecular weight excluding hydrogens is 1260 g/mol. The zero-order chi connectivity index (χ0) is 65.7. The summed E-state index contributed by atoms with van der Waals surface area (Å²) < 4.78 is 23.4. The van der Waals surface area contributed by atoms with Gasteiger partial charge in [0.15, 0.2) is 12.1 Å². The van der Waals surface area contributed by atoms with Crippen LogP contribution in [0.2, 0.25) is 0 Å². The number of aliphatic carboxylic acids is 1. The second kappa shape index (κ2) is 35.0. The third-order valence-corrected chi connectivity index (χ3v) is 19.0. The van der Waals surface area contributed by atoms with Crippen LogP contribution in [0.25, 0.3) is 20.9 Å². The summed E-state index contributed by atoms with van der Waals surface area (Å²) in [6, 6.07) is 25.0. The van der Waals surface area contributed by atoms with E-state index in [1.165, 1.54) is 30.4 Å². The number of carboxylic acid groups (broad SMARTS) is 1. The molecule has 2 aromatic heterocycles. The van der Waals surface area contributed by atoms with Crippen LogP contribution in [0.1, 0.15) is 93.8 Å². The van der Waals surface area contributed by atoms with Crippen molar-refractivity contribution in [3.8, 4) is 20.9 Å². The number of hydrogen-bond donors (Lipinski definition) is 12. The van der Waals surface area contributed by atoms with Crippen molar-refractivity contribution in [1.29, 1.82) is 0 Å². The molecule has 2 aliphatic rings. The van der Waals surface area contributed by atoms with Crippen LogP contribution in [0.4, 0.5) is 0 Å². The van der Waals surface area contributed by atoms with Gasteiger partial charge in [0.05, 0.1) is 49.7 Å². The molecule has 24 nitrogen and oxygen atoms in total. The van der Waals surface area contributed by atoms with Crippen molar-refractivity contribution in [2.45, 2.75) is 125 Å². The topological polar surface area (TPSA) is 375 Å². The van der Waals surface area contributed by atoms with E-state index in [1.807, 2.05) is 35.0 Å². The first-order valence-corrected chi connectivity index (χ1v) is 33.6. The number of ketones is 1. The Morgan fingerprint density at radius 3 is 1.51 bits per heavy atom. The number of aldehydes is 1. The summed E-state index contributed by atoms with van der Waals surface area (Å²) in [5.74, 6) is -6.74. The highest BCUT2D eigenvalue weighted by Gasteiger charge is 2.56. The summed E-state index contributed by atoms with van der Waals surface area (Å²) in [5.41, 5.74) is 3.20. The molecule has 2 aliphatic heterocycles. The fourth-order valence-electron chi connectivity index (χ4n) is 10.2. The van der Waals surface area contributed by atoms with Crippen molar-refractivity contribution < 1.29 is 93.0 Å². The van der Waals surface area contributed by atoms with E-state index in [2.05, 4.69) is 26.6 Å². The number of aliphatic hydroxyl groups is 6. The molecule has 0 aliphatic carbocycles. The van der Waals surface area contributed by atoms with Gasteiger partial charge in [-0.15, -0.1) is 22.7 Å². The number of carboxylic acids is 1. The molecule has 0 radical (unpaired) electrons. The number of benzene rings is 3. The van der Waals surface area contributed by atoms with Gasteiger partial charge in [-0.3, -0.25) is 33.6 Å². The SMILES string of the molecule is CC(=O)N[C@H]1[C@H]([C@H](O)[C@H](O)CNC(=O)c2ccc(-c3cccs3)cc2)O[C@](C=O)(OCCCSCCNC(=O)c2ccc(C(=O)CCCSCCCO[C@]3(C(=O)O)C[C@H](O)[C@@H](NC(C)=O)[C@H]([C@H](O)[C@@H](O)CNC(=O)c4ccc(-c5cccs5)cc4)O3)cc2)C[C@@H]1O. The van der Waals surface area contributed by atoms with Crippen molar-refractivity contribution in [1.82, 2.24) is 26.6 Å². The largest absolute Gasteiger partial charge is 0.477 e. The number of hydrogen-bond acceptors (Lipinski definition) is 22. The highest BCUT2D eigenvalue weighted by atomic mass is 32.2. The monoisotopic (exact) mass is 1340 g/mol. The molecule has 3 aromatic carbocycles. The van der Waals surface area contributed by atoms with Crippen LogP contribution >= 0.6 is 46.2 Å². The van der Waals surface area contributed by atoms with Crippen LogP contribution in [0.5, 0.6) is 0 Å². The average molecular weight is 1340 g/mol. The summed E-state index contributed by atoms with van der Waals surface area (Å²) in [4.78, 5) is 103. The molecule has 5 amide bonds. The van der Waals surface area contributed by atoms with E-state index in [1.54, 1.807) is 95.5 Å². The summed E-state index contributed by atoms with van der Waals surface area (Å²) in [7, 11) is 0. The predicted molar refractivity (Wildman–Crippen MR) is 342 cm³/mol. The Hall–Kier alpha value is -6.48. The lowest BCUT2D eigenvalue weighted by atomic mass is 9.88. The minimum Gasteiger partial charge on any atom is -0.477 e. The number of amides is 5. The Kier molecular flexibility index (Phi) is 27.7. The number of thiophene rings is 2. The van der Waals surface area contributed by atoms with Crippen molar-refractivity contribution in [2.75, 3.05) is 55.9 Å². The fraction of sp³-hybridized carbons (Fsp3) is 0.460. The van der Waals surface area contributed by atoms with E-state index < -0.39 is 128 Å². The number of carbonyl (C=O) groups excluding carboxylic acids is 7. The van der Waals surface area contributed by atoms with Crippen molar-refractivity contribution in [3.63, 3.8) is 0 Å². The van der Waals surface area contributed by atoms with E-state index in [0.717, 1.165) is 27.8 Å². The van der Waals surface area contributed by atoms with Crippen molar-refractivity contribution >= 4 is 93.8 Å². The zero-order valence-electron chi connectivity index (χ0n) is 50.0. The van der Waals surface area contributed by atoms with E-state index in [9.17, 15) is 74.1 Å². The molecule has 4 heterocycles. The lowest BCUT2D eigenvalue weighted by Crippen LogP contribution is -2.68. The minimum atomic E-state index is -2.47. The van der Waals surface area contributed by atoms with Gasteiger partial charge in [0, 0.05) is 90.5 Å². The number of aliphatic hydroxyl groups excluding tert-OH is 6. The van der Waals surface area contributed by atoms with Crippen LogP contribution in [-0.4, -0.2) is 212 Å². The molecule has 12 N–H and O–H groups in total. The normalized spacial score (nSPS) is 22.7. The maximum Gasteiger partial charge on any atom is 0.364 e. The molecule has 2 fully saturated rings. The first kappa shape index (κ1) is 72.0. The quantitative estimate of drug-likeness (QED) is 0.0157. The van der Waals surface area contributed by atoms with Crippen LogP contribution in [-0.2, 0) is 38.1 Å². The molecule has 0 unspecified atom stereocenters. The number of ether oxygens (including phenoxy) is 4. The lowest BCUT2D eigenvalue weighted by Gasteiger charge is -2.46. The summed E-state index contributed by atoms with van der Waals surface area (Å²) in [6.07, 6.45) is -12.5. The van der Waals surface area contributed by atoms with Crippen LogP contribution < -0.4 is 26.6 Å². The highest BCUT2D eigenvalue weighted by molar-refractivity contribution is 7.99. The first-order valence-electron chi connectivity index (χ1n) is 29.5. The van der Waals surface area contributed by atoms with Gasteiger partial charge in [-0.2, -0.15) is 23.5 Å². The highest BCUT2D eigenvalue weighted by Crippen LogP contribution is 2.35. The minimum absolute atomic E-state index is 0.0172. The molecule has 0 spiro atoms. The Labute approximate surface area is 542 Å². The summed E-state index contributed by atoms with van der Waals surface area (Å²) in [6.45, 7) is 1.56. The molecule has 28 heteroatoms. The second-order valence-corrected chi connectivity index (χ2v) is 26.1. The van der Waals surface area contributed by atoms with Crippen LogP contribution in [0, 0.1) is 0 Å². The van der Waals surface area contributed by atoms with Gasteiger partial charge in [-0.05, 0) is 107 Å². The fourth-order valence-corrected chi connectivity index (χ4v) is 13.3. The zero-order valence-corrected chi connectivity index (χ0v) is 53.3. The summed E-state index contributed by atoms with van der Waals surface area (Å²) >= 11 is 6.07. The van der Waals surface area contributed by atoms with Gasteiger partial charge in [-0.25, -0.2) is 4.79 Å². The van der Waals surface area contributed by atoms with E-state index in [4.69, 9.17) is 18.9 Å².